The maximum absolute atomic E-state index is 11.1. The predicted octanol–water partition coefficient (Wildman–Crippen LogP) is 2.37. The third-order valence-corrected chi connectivity index (χ3v) is 5.43. The van der Waals surface area contributed by atoms with Crippen LogP contribution in [0.4, 0.5) is 5.69 Å². The molecule has 2 heterocycles. The quantitative estimate of drug-likeness (QED) is 0.676. The van der Waals surface area contributed by atoms with Crippen LogP contribution in [0.2, 0.25) is 0 Å². The van der Waals surface area contributed by atoms with Gasteiger partial charge in [-0.3, -0.25) is 15.1 Å². The van der Waals surface area contributed by atoms with E-state index in [9.17, 15) is 10.1 Å². The minimum atomic E-state index is -0.313. The van der Waals surface area contributed by atoms with E-state index in [0.29, 0.717) is 17.7 Å². The van der Waals surface area contributed by atoms with Gasteiger partial charge in [-0.05, 0) is 32.4 Å². The van der Waals surface area contributed by atoms with E-state index in [-0.39, 0.29) is 15.4 Å². The van der Waals surface area contributed by atoms with E-state index in [1.54, 1.807) is 20.0 Å². The number of pyridine rings is 1. The number of rotatable bonds is 4. The van der Waals surface area contributed by atoms with Crippen LogP contribution in [0.1, 0.15) is 29.7 Å². The van der Waals surface area contributed by atoms with Gasteiger partial charge in [-0.1, -0.05) is 0 Å². The molecule has 0 bridgehead atoms. The monoisotopic (exact) mass is 281 g/mol. The highest BCUT2D eigenvalue weighted by Gasteiger charge is 2.35. The molecule has 19 heavy (non-hydrogen) atoms. The molecular formula is C13H19N3O2S. The molecule has 104 valence electrons. The van der Waals surface area contributed by atoms with Crippen molar-refractivity contribution in [3.63, 3.8) is 0 Å². The highest BCUT2D eigenvalue weighted by atomic mass is 32.2. The number of nitrogens with two attached hydrogens (primary N) is 1. The Hall–Kier alpha value is -1.14. The number of aryl methyl sites for hydroxylation is 1. The molecule has 0 spiro atoms. The number of nitrogens with zero attached hydrogens (tertiary/aromatic N) is 2. The van der Waals surface area contributed by atoms with Crippen molar-refractivity contribution in [3.8, 4) is 0 Å². The van der Waals surface area contributed by atoms with Crippen LogP contribution in [0.3, 0.4) is 0 Å². The van der Waals surface area contributed by atoms with Crippen molar-refractivity contribution >= 4 is 17.4 Å². The van der Waals surface area contributed by atoms with Crippen LogP contribution in [-0.2, 0) is 6.42 Å². The molecule has 1 aromatic rings. The molecule has 1 aromatic heterocycles. The van der Waals surface area contributed by atoms with Crippen LogP contribution >= 0.6 is 11.8 Å². The molecule has 1 saturated heterocycles. The average molecular weight is 281 g/mol. The Morgan fingerprint density at radius 2 is 2.32 bits per heavy atom. The highest BCUT2D eigenvalue weighted by molar-refractivity contribution is 8.00. The Balaban J connectivity index is 2.36. The zero-order chi connectivity index (χ0) is 14.0. The van der Waals surface area contributed by atoms with Crippen molar-refractivity contribution < 1.29 is 4.92 Å². The van der Waals surface area contributed by atoms with Crippen LogP contribution in [0.5, 0.6) is 0 Å². The largest absolute Gasteiger partial charge is 0.329 e. The molecule has 0 amide bonds. The molecule has 5 nitrogen and oxygen atoms in total. The third-order valence-electron chi connectivity index (χ3n) is 3.80. The first-order chi connectivity index (χ1) is 8.99. The van der Waals surface area contributed by atoms with Gasteiger partial charge in [-0.2, -0.15) is 11.8 Å². The highest BCUT2D eigenvalue weighted by Crippen LogP contribution is 2.40. The Morgan fingerprint density at radius 3 is 2.84 bits per heavy atom. The summed E-state index contributed by atoms with van der Waals surface area (Å²) in [6, 6.07) is 0. The predicted molar refractivity (Wildman–Crippen MR) is 77.5 cm³/mol. The van der Waals surface area contributed by atoms with Crippen LogP contribution in [0.15, 0.2) is 6.20 Å². The Morgan fingerprint density at radius 1 is 1.58 bits per heavy atom. The van der Waals surface area contributed by atoms with Crippen molar-refractivity contribution in [2.45, 2.75) is 37.9 Å². The van der Waals surface area contributed by atoms with Crippen LogP contribution in [-0.4, -0.2) is 27.0 Å². The Labute approximate surface area is 117 Å². The maximum atomic E-state index is 11.1. The minimum absolute atomic E-state index is 0.0148. The average Bonchev–Trinajstić information content (AvgIpc) is 2.82. The van der Waals surface area contributed by atoms with Crippen molar-refractivity contribution in [1.82, 2.24) is 4.98 Å². The van der Waals surface area contributed by atoms with Gasteiger partial charge >= 0.3 is 0 Å². The molecule has 0 saturated carbocycles. The molecule has 1 aliphatic rings. The molecule has 0 aliphatic carbocycles. The summed E-state index contributed by atoms with van der Waals surface area (Å²) in [5, 5.41) is 11.1. The van der Waals surface area contributed by atoms with E-state index in [0.717, 1.165) is 30.7 Å². The van der Waals surface area contributed by atoms with Gasteiger partial charge < -0.3 is 5.73 Å². The second-order valence-electron chi connectivity index (χ2n) is 5.13. The van der Waals surface area contributed by atoms with Gasteiger partial charge in [0.2, 0.25) is 0 Å². The SMILES string of the molecule is Cc1cnc(CC2(CN)CCCS2)c(C)c1[N+](=O)[O-]. The Bertz CT molecular complexity index is 499. The summed E-state index contributed by atoms with van der Waals surface area (Å²) < 4.78 is 0.0148. The van der Waals surface area contributed by atoms with Gasteiger partial charge in [0.05, 0.1) is 10.6 Å². The fourth-order valence-corrected chi connectivity index (χ4v) is 4.02. The third kappa shape index (κ3) is 2.74. The van der Waals surface area contributed by atoms with Crippen LogP contribution in [0.25, 0.3) is 0 Å². The summed E-state index contributed by atoms with van der Waals surface area (Å²) in [6.07, 6.45) is 4.55. The summed E-state index contributed by atoms with van der Waals surface area (Å²) >= 11 is 1.88. The lowest BCUT2D eigenvalue weighted by Gasteiger charge is -2.26. The summed E-state index contributed by atoms with van der Waals surface area (Å²) in [5.41, 5.74) is 8.23. The van der Waals surface area contributed by atoms with Gasteiger partial charge in [0.25, 0.3) is 5.69 Å². The first-order valence-corrected chi connectivity index (χ1v) is 7.41. The maximum Gasteiger partial charge on any atom is 0.278 e. The van der Waals surface area contributed by atoms with Crippen molar-refractivity contribution in [3.05, 3.63) is 33.1 Å². The molecule has 1 aliphatic heterocycles. The standard InChI is InChI=1S/C13H19N3O2S/c1-9-7-15-11(10(2)12(9)16(17)18)6-13(8-14)4-3-5-19-13/h7H,3-6,8,14H2,1-2H3. The zero-order valence-electron chi connectivity index (χ0n) is 11.3. The number of thioether (sulfide) groups is 1. The number of hydrogen-bond donors (Lipinski definition) is 1. The number of nitro groups is 1. The Kier molecular flexibility index (Phi) is 4.10. The van der Waals surface area contributed by atoms with E-state index in [1.165, 1.54) is 0 Å². The number of hydrogen-bond acceptors (Lipinski definition) is 5. The summed E-state index contributed by atoms with van der Waals surface area (Å²) in [5.74, 6) is 1.12. The molecule has 6 heteroatoms. The molecule has 2 rings (SSSR count). The number of aromatic nitrogens is 1. The van der Waals surface area contributed by atoms with E-state index in [2.05, 4.69) is 4.98 Å². The lowest BCUT2D eigenvalue weighted by molar-refractivity contribution is -0.386. The summed E-state index contributed by atoms with van der Waals surface area (Å²) in [6.45, 7) is 4.11. The molecule has 0 radical (unpaired) electrons. The first kappa shape index (κ1) is 14.3. The molecule has 1 unspecified atom stereocenters. The fraction of sp³-hybridized carbons (Fsp3) is 0.615. The molecule has 1 fully saturated rings. The van der Waals surface area contributed by atoms with Gasteiger partial charge in [0.15, 0.2) is 0 Å². The van der Waals surface area contributed by atoms with Gasteiger partial charge in [0, 0.05) is 35.0 Å². The van der Waals surface area contributed by atoms with Crippen molar-refractivity contribution in [2.75, 3.05) is 12.3 Å². The smallest absolute Gasteiger partial charge is 0.278 e. The lowest BCUT2D eigenvalue weighted by Crippen LogP contribution is -2.34. The minimum Gasteiger partial charge on any atom is -0.329 e. The second kappa shape index (κ2) is 5.46. The normalized spacial score (nSPS) is 22.7. The van der Waals surface area contributed by atoms with Gasteiger partial charge in [-0.25, -0.2) is 0 Å². The van der Waals surface area contributed by atoms with E-state index in [4.69, 9.17) is 5.73 Å². The summed E-state index contributed by atoms with van der Waals surface area (Å²) in [7, 11) is 0. The van der Waals surface area contributed by atoms with E-state index in [1.807, 2.05) is 11.8 Å². The van der Waals surface area contributed by atoms with E-state index >= 15 is 0 Å². The lowest BCUT2D eigenvalue weighted by atomic mass is 9.94. The van der Waals surface area contributed by atoms with Crippen LogP contribution < -0.4 is 5.73 Å². The first-order valence-electron chi connectivity index (χ1n) is 6.42. The fourth-order valence-electron chi connectivity index (χ4n) is 2.66. The van der Waals surface area contributed by atoms with E-state index < -0.39 is 0 Å². The van der Waals surface area contributed by atoms with Crippen molar-refractivity contribution in [2.24, 2.45) is 5.73 Å². The molecule has 1 atom stereocenters. The summed E-state index contributed by atoms with van der Waals surface area (Å²) in [4.78, 5) is 15.2. The van der Waals surface area contributed by atoms with Crippen LogP contribution in [0, 0.1) is 24.0 Å². The topological polar surface area (TPSA) is 82.0 Å². The second-order valence-corrected chi connectivity index (χ2v) is 6.70. The van der Waals surface area contributed by atoms with Gasteiger partial charge in [-0.15, -0.1) is 0 Å². The van der Waals surface area contributed by atoms with Gasteiger partial charge in [0.1, 0.15) is 0 Å². The van der Waals surface area contributed by atoms with Crippen molar-refractivity contribution in [1.29, 1.82) is 0 Å². The molecular weight excluding hydrogens is 262 g/mol. The molecule has 2 N–H and O–H groups in total. The zero-order valence-corrected chi connectivity index (χ0v) is 12.1. The molecule has 0 aromatic carbocycles.